The van der Waals surface area contributed by atoms with Crippen LogP contribution < -0.4 is 32.7 Å². The highest BCUT2D eigenvalue weighted by atomic mass is 16.4. The van der Waals surface area contributed by atoms with Gasteiger partial charge in [-0.05, 0) is 48.7 Å². The zero-order chi connectivity index (χ0) is 47.5. The van der Waals surface area contributed by atoms with Crippen molar-refractivity contribution in [3.8, 4) is 22.6 Å². The fourth-order valence-electron chi connectivity index (χ4n) is 7.50. The summed E-state index contributed by atoms with van der Waals surface area (Å²) in [6.07, 6.45) is 11.1. The molecule has 12 N–H and O–H groups in total. The molecule has 6 atom stereocenters. The molecule has 19 heteroatoms. The minimum atomic E-state index is -1.87. The molecule has 0 saturated carbocycles. The van der Waals surface area contributed by atoms with Crippen LogP contribution in [0.4, 0.5) is 0 Å². The van der Waals surface area contributed by atoms with Gasteiger partial charge >= 0.3 is 5.97 Å². The first-order valence-corrected chi connectivity index (χ1v) is 22.2. The molecule has 4 bridgehead atoms. The molecule has 0 radical (unpaired) electrons. The molecule has 0 spiro atoms. The lowest BCUT2D eigenvalue weighted by molar-refractivity contribution is -0.144. The van der Waals surface area contributed by atoms with Gasteiger partial charge in [0.05, 0.1) is 6.61 Å². The third-order valence-corrected chi connectivity index (χ3v) is 11.5. The molecule has 6 amide bonds. The normalized spacial score (nSPS) is 17.7. The number of benzene rings is 2. The molecule has 19 nitrogen and oxygen atoms in total. The number of fused-ring (bicyclic) bond motifs is 5. The molecule has 64 heavy (non-hydrogen) atoms. The largest absolute Gasteiger partial charge is 0.507 e. The van der Waals surface area contributed by atoms with Crippen LogP contribution in [0.25, 0.3) is 11.1 Å². The first kappa shape index (κ1) is 52.6. The molecular formula is C45H68N8O11. The standard InChI is InChI=1S/C45H68N8O11/c1-5-6-7-8-9-10-11-12-13-14-15-16-17-18-36(57)52(3)33(26-54)41(59)50-38(46)43(61)51-39(47)44(62)53(4)37-29-20-22-35(56)31(25-29)30-23-28(19-21-34(30)55)24-32(45(63)64)49-40(58)27(2)48-42(37)60/h19-23,25,27,32-33,37-39,54-56H,5-18,24,26,46-47H2,1-4H3,(H,48,60)(H,49,58)(H,50,59)(H,51,61)(H,63,64)/t27-,32-,33+,37-,38-,39+/m0/s1. The number of aromatic hydroxyl groups is 2. The predicted octanol–water partition coefficient (Wildman–Crippen LogP) is 2.00. The summed E-state index contributed by atoms with van der Waals surface area (Å²) in [4.78, 5) is 94.0. The smallest absolute Gasteiger partial charge is 0.326 e. The van der Waals surface area contributed by atoms with Gasteiger partial charge in [-0.25, -0.2) is 4.79 Å². The quantitative estimate of drug-likeness (QED) is 0.0565. The van der Waals surface area contributed by atoms with E-state index in [1.165, 1.54) is 109 Å². The van der Waals surface area contributed by atoms with Crippen LogP contribution in [0.3, 0.4) is 0 Å². The Hall–Kier alpha value is -5.79. The molecular weight excluding hydrogens is 829 g/mol. The number of likely N-dealkylation sites (N-methyl/N-ethyl adjacent to an activating group) is 2. The van der Waals surface area contributed by atoms with Crippen LogP contribution in [-0.2, 0) is 40.0 Å². The Balaban J connectivity index is 1.64. The second kappa shape index (κ2) is 26.1. The Bertz CT molecular complexity index is 1930. The highest BCUT2D eigenvalue weighted by Crippen LogP contribution is 2.38. The van der Waals surface area contributed by atoms with Crippen molar-refractivity contribution in [3.63, 3.8) is 0 Å². The zero-order valence-electron chi connectivity index (χ0n) is 37.4. The summed E-state index contributed by atoms with van der Waals surface area (Å²) in [5.74, 6) is -7.30. The van der Waals surface area contributed by atoms with Gasteiger partial charge in [0.1, 0.15) is 35.7 Å². The Morgan fingerprint density at radius 2 is 1.28 bits per heavy atom. The molecule has 0 aliphatic carbocycles. The topological polar surface area (TPSA) is 307 Å². The third kappa shape index (κ3) is 15.5. The number of phenols is 2. The number of unbranched alkanes of at least 4 members (excludes halogenated alkanes) is 12. The van der Waals surface area contributed by atoms with Crippen molar-refractivity contribution < 1.29 is 54.0 Å². The van der Waals surface area contributed by atoms with Gasteiger partial charge in [-0.3, -0.25) is 28.8 Å². The van der Waals surface area contributed by atoms with E-state index < -0.39 is 78.6 Å². The number of nitrogens with zero attached hydrogens (tertiary/aromatic N) is 2. The zero-order valence-corrected chi connectivity index (χ0v) is 37.4. The Morgan fingerprint density at radius 3 is 1.84 bits per heavy atom. The Labute approximate surface area is 374 Å². The molecule has 1 aliphatic rings. The number of aliphatic carboxylic acids is 1. The number of nitrogens with two attached hydrogens (primary N) is 2. The van der Waals surface area contributed by atoms with E-state index in [4.69, 9.17) is 11.5 Å². The first-order valence-electron chi connectivity index (χ1n) is 22.2. The van der Waals surface area contributed by atoms with E-state index in [-0.39, 0.29) is 46.9 Å². The van der Waals surface area contributed by atoms with Crippen LogP contribution in [0, 0.1) is 0 Å². The van der Waals surface area contributed by atoms with Gasteiger partial charge in [-0.15, -0.1) is 0 Å². The number of carbonyl (C=O) groups excluding carboxylic acids is 6. The lowest BCUT2D eigenvalue weighted by Gasteiger charge is -2.32. The van der Waals surface area contributed by atoms with E-state index >= 15 is 0 Å². The number of aliphatic hydroxyl groups excluding tert-OH is 1. The molecule has 0 saturated heterocycles. The monoisotopic (exact) mass is 897 g/mol. The molecule has 354 valence electrons. The van der Waals surface area contributed by atoms with Gasteiger partial charge in [0.2, 0.25) is 23.6 Å². The molecule has 0 fully saturated rings. The van der Waals surface area contributed by atoms with Crippen LogP contribution in [0.2, 0.25) is 0 Å². The Kier molecular flexibility index (Phi) is 21.4. The number of hydrogen-bond donors (Lipinski definition) is 10. The van der Waals surface area contributed by atoms with E-state index in [1.54, 1.807) is 0 Å². The number of hydrogen-bond acceptors (Lipinski definition) is 12. The number of aliphatic hydroxyl groups is 1. The van der Waals surface area contributed by atoms with Crippen molar-refractivity contribution in [3.05, 3.63) is 47.5 Å². The highest BCUT2D eigenvalue weighted by Gasteiger charge is 2.36. The maximum Gasteiger partial charge on any atom is 0.326 e. The maximum absolute atomic E-state index is 13.9. The van der Waals surface area contributed by atoms with Gasteiger partial charge in [0.15, 0.2) is 12.3 Å². The second-order valence-electron chi connectivity index (χ2n) is 16.5. The number of phenolic OH excluding ortho intramolecular Hbond substituents is 2. The van der Waals surface area contributed by atoms with Crippen molar-refractivity contribution >= 4 is 41.4 Å². The average molecular weight is 897 g/mol. The number of rotatable bonds is 23. The summed E-state index contributed by atoms with van der Waals surface area (Å²) in [6, 6.07) is 2.27. The van der Waals surface area contributed by atoms with Gasteiger partial charge < -0.3 is 63.0 Å². The minimum Gasteiger partial charge on any atom is -0.507 e. The van der Waals surface area contributed by atoms with Crippen LogP contribution in [-0.4, -0.2) is 123 Å². The maximum atomic E-state index is 13.9. The number of nitrogens with one attached hydrogen (secondary N) is 4. The third-order valence-electron chi connectivity index (χ3n) is 11.5. The summed E-state index contributed by atoms with van der Waals surface area (Å²) in [5.41, 5.74) is 12.6. The number of amides is 6. The fraction of sp³-hybridized carbons (Fsp3) is 0.578. The summed E-state index contributed by atoms with van der Waals surface area (Å²) in [5, 5.41) is 50.7. The minimum absolute atomic E-state index is 0.0175. The van der Waals surface area contributed by atoms with Crippen molar-refractivity contribution in [2.45, 2.75) is 147 Å². The molecule has 2 aromatic rings. The highest BCUT2D eigenvalue weighted by molar-refractivity contribution is 5.97. The van der Waals surface area contributed by atoms with Crippen molar-refractivity contribution in [2.24, 2.45) is 11.5 Å². The molecule has 1 aliphatic heterocycles. The lowest BCUT2D eigenvalue weighted by Crippen LogP contribution is -2.62. The first-order chi connectivity index (χ1) is 30.4. The number of carboxylic acid groups (broad SMARTS) is 1. The molecule has 3 rings (SSSR count). The van der Waals surface area contributed by atoms with Crippen LogP contribution in [0.15, 0.2) is 36.4 Å². The van der Waals surface area contributed by atoms with Gasteiger partial charge in [0.25, 0.3) is 11.8 Å². The summed E-state index contributed by atoms with van der Waals surface area (Å²) >= 11 is 0. The van der Waals surface area contributed by atoms with E-state index in [0.29, 0.717) is 12.0 Å². The molecule has 0 aromatic heterocycles. The Morgan fingerprint density at radius 1 is 0.750 bits per heavy atom. The van der Waals surface area contributed by atoms with Gasteiger partial charge in [0, 0.05) is 38.1 Å². The SMILES string of the molecule is CCCCCCCCCCCCCCCC(=O)N(C)[C@H](CO)C(=O)N[C@H](N)C(=O)N[C@@H](N)C(=O)N(C)[C@@H]1C(=O)N[C@@H](C)C(=O)N[C@H](C(=O)O)Cc2ccc(O)c(c2)-c2cc1ccc2O. The van der Waals surface area contributed by atoms with Crippen molar-refractivity contribution in [1.82, 2.24) is 31.1 Å². The fourth-order valence-corrected chi connectivity index (χ4v) is 7.50. The predicted molar refractivity (Wildman–Crippen MR) is 238 cm³/mol. The van der Waals surface area contributed by atoms with Gasteiger partial charge in [-0.1, -0.05) is 96.1 Å². The number of carboxylic acids is 1. The molecule has 0 unspecified atom stereocenters. The molecule has 2 aromatic carbocycles. The van der Waals surface area contributed by atoms with E-state index in [2.05, 4.69) is 28.2 Å². The summed E-state index contributed by atoms with van der Waals surface area (Å²) in [6.45, 7) is 2.75. The van der Waals surface area contributed by atoms with Gasteiger partial charge in [-0.2, -0.15) is 0 Å². The molecule has 1 heterocycles. The van der Waals surface area contributed by atoms with Crippen molar-refractivity contribution in [2.75, 3.05) is 20.7 Å². The average Bonchev–Trinajstić information content (AvgIpc) is 3.25. The van der Waals surface area contributed by atoms with E-state index in [9.17, 15) is 54.0 Å². The van der Waals surface area contributed by atoms with Crippen molar-refractivity contribution in [1.29, 1.82) is 0 Å². The second-order valence-corrected chi connectivity index (χ2v) is 16.5. The van der Waals surface area contributed by atoms with E-state index in [1.807, 2.05) is 0 Å². The lowest BCUT2D eigenvalue weighted by atomic mass is 9.94. The summed E-state index contributed by atoms with van der Waals surface area (Å²) < 4.78 is 0. The van der Waals surface area contributed by atoms with Crippen LogP contribution in [0.1, 0.15) is 121 Å². The van der Waals surface area contributed by atoms with Crippen LogP contribution in [0.5, 0.6) is 11.5 Å². The number of carbonyl (C=O) groups is 7. The van der Waals surface area contributed by atoms with E-state index in [0.717, 1.165) is 35.5 Å². The summed E-state index contributed by atoms with van der Waals surface area (Å²) in [7, 11) is 2.54. The van der Waals surface area contributed by atoms with Crippen LogP contribution >= 0.6 is 0 Å².